The van der Waals surface area contributed by atoms with E-state index >= 15 is 0 Å². The molecule has 2 nitrogen and oxygen atoms in total. The zero-order valence-corrected chi connectivity index (χ0v) is 7.17. The van der Waals surface area contributed by atoms with Crippen LogP contribution in [0.5, 0.6) is 0 Å². The van der Waals surface area contributed by atoms with Crippen molar-refractivity contribution >= 4 is 0 Å². The number of likely N-dealkylation sites (tertiary alicyclic amines) is 1. The molecule has 0 amide bonds. The minimum atomic E-state index is -0.622. The summed E-state index contributed by atoms with van der Waals surface area (Å²) in [5.41, 5.74) is -0.622. The Balaban J connectivity index is 2.58. The van der Waals surface area contributed by atoms with E-state index in [9.17, 15) is 5.11 Å². The molecule has 0 bridgehead atoms. The molecular weight excluding hydrogens is 138 g/mol. The van der Waals surface area contributed by atoms with Crippen LogP contribution in [-0.4, -0.2) is 35.2 Å². The molecule has 0 saturated carbocycles. The molecule has 2 heteroatoms. The quantitative estimate of drug-likeness (QED) is 0.553. The topological polar surface area (TPSA) is 23.5 Å². The maximum Gasteiger partial charge on any atom is 0.0897 e. The van der Waals surface area contributed by atoms with Gasteiger partial charge in [0.05, 0.1) is 5.60 Å². The zero-order valence-electron chi connectivity index (χ0n) is 7.17. The summed E-state index contributed by atoms with van der Waals surface area (Å²) in [6.45, 7) is 2.81. The van der Waals surface area contributed by atoms with Crippen LogP contribution in [0.4, 0.5) is 0 Å². The van der Waals surface area contributed by atoms with E-state index in [1.54, 1.807) is 0 Å². The second-order valence-corrected chi connectivity index (χ2v) is 3.57. The summed E-state index contributed by atoms with van der Waals surface area (Å²) < 4.78 is 0. The third-order valence-electron chi connectivity index (χ3n) is 2.40. The van der Waals surface area contributed by atoms with Gasteiger partial charge in [-0.15, -0.1) is 12.3 Å². The van der Waals surface area contributed by atoms with Crippen LogP contribution in [0.2, 0.25) is 0 Å². The molecule has 1 N–H and O–H groups in total. The van der Waals surface area contributed by atoms with Gasteiger partial charge in [0.25, 0.3) is 0 Å². The van der Waals surface area contributed by atoms with Gasteiger partial charge in [-0.3, -0.25) is 0 Å². The van der Waals surface area contributed by atoms with Crippen LogP contribution < -0.4 is 0 Å². The first-order valence-corrected chi connectivity index (χ1v) is 3.93. The molecule has 2 unspecified atom stereocenters. The van der Waals surface area contributed by atoms with Crippen molar-refractivity contribution in [1.29, 1.82) is 0 Å². The predicted molar refractivity (Wildman–Crippen MR) is 45.1 cm³/mol. The lowest BCUT2D eigenvalue weighted by molar-refractivity contribution is 0.0570. The molecule has 1 aliphatic rings. The summed E-state index contributed by atoms with van der Waals surface area (Å²) in [5, 5.41) is 9.85. The zero-order chi connectivity index (χ0) is 8.48. The number of hydrogen-bond acceptors (Lipinski definition) is 2. The Morgan fingerprint density at radius 3 is 2.82 bits per heavy atom. The minimum Gasteiger partial charge on any atom is -0.387 e. The van der Waals surface area contributed by atoms with E-state index in [1.807, 2.05) is 7.05 Å². The van der Waals surface area contributed by atoms with Crippen molar-refractivity contribution in [2.24, 2.45) is 0 Å². The molecule has 0 aromatic carbocycles. The van der Waals surface area contributed by atoms with Gasteiger partial charge in [0.2, 0.25) is 0 Å². The summed E-state index contributed by atoms with van der Waals surface area (Å²) in [6.07, 6.45) is 6.43. The molecule has 0 radical (unpaired) electrons. The van der Waals surface area contributed by atoms with Gasteiger partial charge in [-0.05, 0) is 20.4 Å². The standard InChI is InChI=1S/C9H15NO/c1-4-5-9(11)6-8(2)10(3)7-9/h1,8,11H,5-7H2,2-3H3. The predicted octanol–water partition coefficient (Wildman–Crippen LogP) is 0.465. The molecule has 62 valence electrons. The van der Waals surface area contributed by atoms with Gasteiger partial charge >= 0.3 is 0 Å². The Hall–Kier alpha value is -0.520. The average molecular weight is 153 g/mol. The molecule has 1 rings (SSSR count). The molecule has 1 heterocycles. The first-order chi connectivity index (χ1) is 5.07. The van der Waals surface area contributed by atoms with Crippen LogP contribution in [0, 0.1) is 12.3 Å². The number of likely N-dealkylation sites (N-methyl/N-ethyl adjacent to an activating group) is 1. The summed E-state index contributed by atoms with van der Waals surface area (Å²) in [7, 11) is 2.01. The monoisotopic (exact) mass is 153 g/mol. The Kier molecular flexibility index (Phi) is 2.22. The largest absolute Gasteiger partial charge is 0.387 e. The fourth-order valence-electron chi connectivity index (χ4n) is 1.71. The fraction of sp³-hybridized carbons (Fsp3) is 0.778. The highest BCUT2D eigenvalue weighted by molar-refractivity contribution is 5.02. The summed E-state index contributed by atoms with van der Waals surface area (Å²) in [6, 6.07) is 0.452. The SMILES string of the molecule is C#CCC1(O)CC(C)N(C)C1. The van der Waals surface area contributed by atoms with Crippen LogP contribution in [0.3, 0.4) is 0 Å². The lowest BCUT2D eigenvalue weighted by atomic mass is 9.97. The Morgan fingerprint density at radius 1 is 1.82 bits per heavy atom. The normalized spacial score (nSPS) is 38.9. The molecule has 1 aliphatic heterocycles. The molecule has 1 saturated heterocycles. The van der Waals surface area contributed by atoms with E-state index in [4.69, 9.17) is 6.42 Å². The fourth-order valence-corrected chi connectivity index (χ4v) is 1.71. The number of terminal acetylenes is 1. The average Bonchev–Trinajstić information content (AvgIpc) is 2.08. The maximum atomic E-state index is 9.85. The van der Waals surface area contributed by atoms with Crippen molar-refractivity contribution in [2.75, 3.05) is 13.6 Å². The van der Waals surface area contributed by atoms with E-state index in [0.717, 1.165) is 6.42 Å². The van der Waals surface area contributed by atoms with Crippen molar-refractivity contribution in [3.63, 3.8) is 0 Å². The lowest BCUT2D eigenvalue weighted by Crippen LogP contribution is -2.31. The van der Waals surface area contributed by atoms with Crippen molar-refractivity contribution < 1.29 is 5.11 Å². The van der Waals surface area contributed by atoms with Crippen LogP contribution in [0.25, 0.3) is 0 Å². The molecular formula is C9H15NO. The van der Waals surface area contributed by atoms with Crippen LogP contribution >= 0.6 is 0 Å². The minimum absolute atomic E-state index is 0.452. The van der Waals surface area contributed by atoms with E-state index in [1.165, 1.54) is 0 Å². The van der Waals surface area contributed by atoms with Crippen molar-refractivity contribution in [1.82, 2.24) is 4.90 Å². The van der Waals surface area contributed by atoms with Gasteiger partial charge in [0.1, 0.15) is 0 Å². The van der Waals surface area contributed by atoms with Crippen LogP contribution in [0.15, 0.2) is 0 Å². The van der Waals surface area contributed by atoms with E-state index in [2.05, 4.69) is 17.7 Å². The third-order valence-corrected chi connectivity index (χ3v) is 2.40. The first kappa shape index (κ1) is 8.58. The molecule has 11 heavy (non-hydrogen) atoms. The van der Waals surface area contributed by atoms with Crippen molar-refractivity contribution in [3.8, 4) is 12.3 Å². The van der Waals surface area contributed by atoms with Gasteiger partial charge in [0, 0.05) is 19.0 Å². The number of rotatable bonds is 1. The van der Waals surface area contributed by atoms with Gasteiger partial charge in [0.15, 0.2) is 0 Å². The van der Waals surface area contributed by atoms with Crippen LogP contribution in [0.1, 0.15) is 19.8 Å². The highest BCUT2D eigenvalue weighted by Gasteiger charge is 2.37. The Bertz CT molecular complexity index is 172. The number of aliphatic hydroxyl groups is 1. The highest BCUT2D eigenvalue weighted by Crippen LogP contribution is 2.27. The maximum absolute atomic E-state index is 9.85. The van der Waals surface area contributed by atoms with E-state index in [-0.39, 0.29) is 0 Å². The molecule has 0 spiro atoms. The molecule has 0 aliphatic carbocycles. The second kappa shape index (κ2) is 2.84. The lowest BCUT2D eigenvalue weighted by Gasteiger charge is -2.18. The molecule has 0 aromatic rings. The van der Waals surface area contributed by atoms with Gasteiger partial charge < -0.3 is 10.0 Å². The summed E-state index contributed by atoms with van der Waals surface area (Å²) in [5.74, 6) is 2.51. The van der Waals surface area contributed by atoms with Crippen molar-refractivity contribution in [3.05, 3.63) is 0 Å². The van der Waals surface area contributed by atoms with E-state index in [0.29, 0.717) is 19.0 Å². The highest BCUT2D eigenvalue weighted by atomic mass is 16.3. The van der Waals surface area contributed by atoms with Gasteiger partial charge in [-0.1, -0.05) is 0 Å². The number of β-amino-alcohol motifs (C(OH)–C–C–N with tert-alkyl or cyclic N) is 1. The van der Waals surface area contributed by atoms with E-state index < -0.39 is 5.60 Å². The number of hydrogen-bond donors (Lipinski definition) is 1. The van der Waals surface area contributed by atoms with Gasteiger partial charge in [-0.25, -0.2) is 0 Å². The summed E-state index contributed by atoms with van der Waals surface area (Å²) >= 11 is 0. The van der Waals surface area contributed by atoms with Gasteiger partial charge in [-0.2, -0.15) is 0 Å². The Labute approximate surface area is 68.2 Å². The summed E-state index contributed by atoms with van der Waals surface area (Å²) in [4.78, 5) is 2.14. The smallest absolute Gasteiger partial charge is 0.0897 e. The number of nitrogens with zero attached hydrogens (tertiary/aromatic N) is 1. The van der Waals surface area contributed by atoms with Crippen LogP contribution in [-0.2, 0) is 0 Å². The molecule has 0 aromatic heterocycles. The van der Waals surface area contributed by atoms with Crippen molar-refractivity contribution in [2.45, 2.75) is 31.4 Å². The Morgan fingerprint density at radius 2 is 2.45 bits per heavy atom. The third kappa shape index (κ3) is 1.74. The second-order valence-electron chi connectivity index (χ2n) is 3.57. The molecule has 1 fully saturated rings. The molecule has 2 atom stereocenters. The first-order valence-electron chi connectivity index (χ1n) is 3.93.